The number of carbonyl (C=O) groups excluding carboxylic acids is 3. The number of para-hydroxylation sites is 1. The average Bonchev–Trinajstić information content (AvgIpc) is 3.26. The number of furan rings is 1. The molecule has 1 aliphatic rings. The summed E-state index contributed by atoms with van der Waals surface area (Å²) in [7, 11) is 0. The topological polar surface area (TPSA) is 101 Å². The highest BCUT2D eigenvalue weighted by molar-refractivity contribution is 5.89. The van der Waals surface area contributed by atoms with Crippen molar-refractivity contribution in [2.24, 2.45) is 5.92 Å². The van der Waals surface area contributed by atoms with Crippen LogP contribution in [0.25, 0.3) is 0 Å². The lowest BCUT2D eigenvalue weighted by Crippen LogP contribution is -2.44. The minimum absolute atomic E-state index is 0.186. The summed E-state index contributed by atoms with van der Waals surface area (Å²) in [6.45, 7) is 2.69. The van der Waals surface area contributed by atoms with Crippen LogP contribution in [-0.4, -0.2) is 42.0 Å². The second-order valence-corrected chi connectivity index (χ2v) is 6.93. The van der Waals surface area contributed by atoms with Crippen LogP contribution in [0.1, 0.15) is 25.5 Å². The number of nitrogens with one attached hydrogen (secondary N) is 2. The van der Waals surface area contributed by atoms with Crippen LogP contribution < -0.4 is 10.6 Å². The van der Waals surface area contributed by atoms with E-state index < -0.39 is 12.1 Å². The highest BCUT2D eigenvalue weighted by Crippen LogP contribution is 2.20. The molecule has 2 N–H and O–H groups in total. The highest BCUT2D eigenvalue weighted by Gasteiger charge is 2.30. The maximum atomic E-state index is 12.4. The maximum absolute atomic E-state index is 12.4. The molecule has 8 nitrogen and oxygen atoms in total. The Bertz CT molecular complexity index is 814. The van der Waals surface area contributed by atoms with E-state index in [0.717, 1.165) is 5.69 Å². The first kappa shape index (κ1) is 20.4. The van der Waals surface area contributed by atoms with Gasteiger partial charge in [-0.1, -0.05) is 18.2 Å². The molecule has 1 atom stereocenters. The van der Waals surface area contributed by atoms with Crippen molar-refractivity contribution in [3.63, 3.8) is 0 Å². The van der Waals surface area contributed by atoms with Crippen molar-refractivity contribution in [1.29, 1.82) is 0 Å². The molecular weight excluding hydrogens is 374 g/mol. The molecule has 1 aromatic carbocycles. The number of hydrogen-bond donors (Lipinski definition) is 2. The Labute approximate surface area is 169 Å². The number of urea groups is 1. The molecule has 1 aliphatic heterocycles. The van der Waals surface area contributed by atoms with Gasteiger partial charge in [-0.05, 0) is 44.0 Å². The molecule has 154 valence electrons. The number of ether oxygens (including phenoxy) is 1. The Kier molecular flexibility index (Phi) is 6.89. The number of likely N-dealkylation sites (tertiary alicyclic amines) is 1. The zero-order valence-corrected chi connectivity index (χ0v) is 16.3. The second kappa shape index (κ2) is 9.77. The molecular formula is C21H25N3O5. The lowest BCUT2D eigenvalue weighted by molar-refractivity contribution is -0.160. The van der Waals surface area contributed by atoms with Crippen molar-refractivity contribution in [2.75, 3.05) is 18.4 Å². The van der Waals surface area contributed by atoms with Crippen LogP contribution in [0.3, 0.4) is 0 Å². The molecule has 1 saturated heterocycles. The zero-order chi connectivity index (χ0) is 20.6. The summed E-state index contributed by atoms with van der Waals surface area (Å²) < 4.78 is 10.5. The van der Waals surface area contributed by atoms with Crippen LogP contribution in [0.5, 0.6) is 0 Å². The zero-order valence-electron chi connectivity index (χ0n) is 16.3. The molecule has 1 aromatic heterocycles. The summed E-state index contributed by atoms with van der Waals surface area (Å²) in [6, 6.07) is 12.5. The fourth-order valence-corrected chi connectivity index (χ4v) is 3.10. The van der Waals surface area contributed by atoms with Gasteiger partial charge in [0.2, 0.25) is 0 Å². The van der Waals surface area contributed by atoms with E-state index in [1.807, 2.05) is 30.3 Å². The number of anilines is 1. The maximum Gasteiger partial charge on any atom is 0.321 e. The Balaban J connectivity index is 1.40. The van der Waals surface area contributed by atoms with E-state index in [1.165, 1.54) is 13.2 Å². The lowest BCUT2D eigenvalue weighted by Gasteiger charge is -2.31. The van der Waals surface area contributed by atoms with Crippen molar-refractivity contribution in [3.8, 4) is 0 Å². The second-order valence-electron chi connectivity index (χ2n) is 6.93. The van der Waals surface area contributed by atoms with Crippen LogP contribution in [0.4, 0.5) is 10.5 Å². The molecule has 0 aliphatic carbocycles. The minimum Gasteiger partial charge on any atom is -0.467 e. The SMILES string of the molecule is C[C@H](OC(=O)C1CCN(C(=O)Nc2ccccc2)CC1)C(=O)NCc1ccco1. The van der Waals surface area contributed by atoms with Gasteiger partial charge in [0.05, 0.1) is 18.7 Å². The molecule has 3 amide bonds. The summed E-state index contributed by atoms with van der Waals surface area (Å²) in [5.74, 6) is -0.489. The molecule has 1 fully saturated rings. The first-order chi connectivity index (χ1) is 14.0. The van der Waals surface area contributed by atoms with E-state index >= 15 is 0 Å². The van der Waals surface area contributed by atoms with E-state index in [0.29, 0.717) is 31.7 Å². The minimum atomic E-state index is -0.892. The number of rotatable bonds is 6. The quantitative estimate of drug-likeness (QED) is 0.728. The van der Waals surface area contributed by atoms with Gasteiger partial charge in [0.25, 0.3) is 5.91 Å². The Morgan fingerprint density at radius 2 is 1.86 bits per heavy atom. The number of hydrogen-bond acceptors (Lipinski definition) is 5. The molecule has 0 bridgehead atoms. The number of amides is 3. The van der Waals surface area contributed by atoms with Crippen LogP contribution in [0, 0.1) is 5.92 Å². The molecule has 8 heteroatoms. The fraction of sp³-hybridized carbons (Fsp3) is 0.381. The van der Waals surface area contributed by atoms with Crippen molar-refractivity contribution < 1.29 is 23.5 Å². The predicted octanol–water partition coefficient (Wildman–Crippen LogP) is 2.77. The summed E-state index contributed by atoms with van der Waals surface area (Å²) in [6.07, 6.45) is 1.64. The van der Waals surface area contributed by atoms with Gasteiger partial charge in [-0.15, -0.1) is 0 Å². The number of piperidine rings is 1. The van der Waals surface area contributed by atoms with Crippen molar-refractivity contribution in [2.45, 2.75) is 32.4 Å². The van der Waals surface area contributed by atoms with Crippen molar-refractivity contribution in [3.05, 3.63) is 54.5 Å². The van der Waals surface area contributed by atoms with Gasteiger partial charge in [-0.3, -0.25) is 9.59 Å². The molecule has 0 spiro atoms. The summed E-state index contributed by atoms with van der Waals surface area (Å²) >= 11 is 0. The van der Waals surface area contributed by atoms with E-state index in [1.54, 1.807) is 17.0 Å². The highest BCUT2D eigenvalue weighted by atomic mass is 16.5. The fourth-order valence-electron chi connectivity index (χ4n) is 3.10. The summed E-state index contributed by atoms with van der Waals surface area (Å²) in [4.78, 5) is 38.4. The third-order valence-corrected chi connectivity index (χ3v) is 4.82. The number of nitrogens with zero attached hydrogens (tertiary/aromatic N) is 1. The first-order valence-corrected chi connectivity index (χ1v) is 9.64. The van der Waals surface area contributed by atoms with Crippen LogP contribution in [0.15, 0.2) is 53.1 Å². The average molecular weight is 399 g/mol. The van der Waals surface area contributed by atoms with Crippen LogP contribution in [0.2, 0.25) is 0 Å². The van der Waals surface area contributed by atoms with Gasteiger partial charge in [0.15, 0.2) is 6.10 Å². The number of carbonyl (C=O) groups is 3. The van der Waals surface area contributed by atoms with Gasteiger partial charge in [0, 0.05) is 18.8 Å². The lowest BCUT2D eigenvalue weighted by atomic mass is 9.97. The molecule has 2 heterocycles. The normalized spacial score (nSPS) is 15.4. The molecule has 0 radical (unpaired) electrons. The molecule has 2 aromatic rings. The van der Waals surface area contributed by atoms with E-state index in [4.69, 9.17) is 9.15 Å². The van der Waals surface area contributed by atoms with Gasteiger partial charge >= 0.3 is 12.0 Å². The number of esters is 1. The molecule has 29 heavy (non-hydrogen) atoms. The van der Waals surface area contributed by atoms with Gasteiger partial charge in [-0.2, -0.15) is 0 Å². The van der Waals surface area contributed by atoms with Crippen molar-refractivity contribution in [1.82, 2.24) is 10.2 Å². The third-order valence-electron chi connectivity index (χ3n) is 4.82. The van der Waals surface area contributed by atoms with Gasteiger partial charge < -0.3 is 24.7 Å². The molecule has 0 unspecified atom stereocenters. The van der Waals surface area contributed by atoms with E-state index in [-0.39, 0.29) is 24.4 Å². The smallest absolute Gasteiger partial charge is 0.321 e. The Morgan fingerprint density at radius 3 is 2.52 bits per heavy atom. The molecule has 3 rings (SSSR count). The third kappa shape index (κ3) is 5.84. The Hall–Kier alpha value is -3.29. The van der Waals surface area contributed by atoms with Gasteiger partial charge in [-0.25, -0.2) is 4.79 Å². The number of benzene rings is 1. The van der Waals surface area contributed by atoms with Crippen LogP contribution >= 0.6 is 0 Å². The van der Waals surface area contributed by atoms with E-state index in [2.05, 4.69) is 10.6 Å². The molecule has 0 saturated carbocycles. The summed E-state index contributed by atoms with van der Waals surface area (Å²) in [5, 5.41) is 5.51. The Morgan fingerprint density at radius 1 is 1.14 bits per heavy atom. The summed E-state index contributed by atoms with van der Waals surface area (Å²) in [5.41, 5.74) is 0.730. The first-order valence-electron chi connectivity index (χ1n) is 9.64. The monoisotopic (exact) mass is 399 g/mol. The predicted molar refractivity (Wildman–Crippen MR) is 106 cm³/mol. The van der Waals surface area contributed by atoms with Crippen LogP contribution in [-0.2, 0) is 20.9 Å². The van der Waals surface area contributed by atoms with Crippen molar-refractivity contribution >= 4 is 23.6 Å². The van der Waals surface area contributed by atoms with Gasteiger partial charge in [0.1, 0.15) is 5.76 Å². The van der Waals surface area contributed by atoms with E-state index in [9.17, 15) is 14.4 Å². The standard InChI is InChI=1S/C21H25N3O5/c1-15(19(25)22-14-18-8-5-13-28-18)29-20(26)16-9-11-24(12-10-16)21(27)23-17-6-3-2-4-7-17/h2-8,13,15-16H,9-12,14H2,1H3,(H,22,25)(H,23,27)/t15-/m0/s1. The largest absolute Gasteiger partial charge is 0.467 e.